The molecular weight excluding hydrogens is 160 g/mol. The van der Waals surface area contributed by atoms with E-state index in [2.05, 4.69) is 10.5 Å². The standard InChI is InChI=1S/C7H8N2O3/c10-7(11)6-4-3-8-2-1-5(4)12-9-6/h8H,1-3H2,(H,10,11). The molecule has 5 nitrogen and oxygen atoms in total. The second-order valence-electron chi connectivity index (χ2n) is 2.66. The molecule has 64 valence electrons. The molecule has 1 aromatic heterocycles. The summed E-state index contributed by atoms with van der Waals surface area (Å²) in [6.45, 7) is 1.36. The molecule has 2 N–H and O–H groups in total. The molecular formula is C7H8N2O3. The molecule has 0 fully saturated rings. The van der Waals surface area contributed by atoms with Gasteiger partial charge in [0.2, 0.25) is 0 Å². The Morgan fingerprint density at radius 3 is 3.25 bits per heavy atom. The minimum atomic E-state index is -1.02. The van der Waals surface area contributed by atoms with Crippen LogP contribution in [0.4, 0.5) is 0 Å². The molecule has 2 heterocycles. The summed E-state index contributed by atoms with van der Waals surface area (Å²) in [6, 6.07) is 0. The van der Waals surface area contributed by atoms with Gasteiger partial charge in [-0.3, -0.25) is 0 Å². The van der Waals surface area contributed by atoms with Gasteiger partial charge in [-0.1, -0.05) is 5.16 Å². The molecule has 5 heteroatoms. The summed E-state index contributed by atoms with van der Waals surface area (Å²) in [7, 11) is 0. The van der Waals surface area contributed by atoms with Gasteiger partial charge >= 0.3 is 5.97 Å². The summed E-state index contributed by atoms with van der Waals surface area (Å²) in [5.74, 6) is -0.324. The zero-order valence-electron chi connectivity index (χ0n) is 6.33. The number of carboxylic acid groups (broad SMARTS) is 1. The van der Waals surface area contributed by atoms with Crippen molar-refractivity contribution in [2.75, 3.05) is 6.54 Å². The number of carboxylic acids is 1. The van der Waals surface area contributed by atoms with E-state index in [9.17, 15) is 4.79 Å². The fourth-order valence-corrected chi connectivity index (χ4v) is 1.31. The van der Waals surface area contributed by atoms with E-state index in [-0.39, 0.29) is 5.69 Å². The van der Waals surface area contributed by atoms with Gasteiger partial charge < -0.3 is 14.9 Å². The minimum absolute atomic E-state index is 0.0391. The maximum absolute atomic E-state index is 10.6. The van der Waals surface area contributed by atoms with Crippen molar-refractivity contribution in [3.05, 3.63) is 17.0 Å². The predicted molar refractivity (Wildman–Crippen MR) is 38.9 cm³/mol. The number of aromatic nitrogens is 1. The number of aromatic carboxylic acids is 1. The van der Waals surface area contributed by atoms with E-state index in [1.807, 2.05) is 0 Å². The van der Waals surface area contributed by atoms with Crippen LogP contribution in [0.3, 0.4) is 0 Å². The van der Waals surface area contributed by atoms with E-state index in [1.54, 1.807) is 0 Å². The first kappa shape index (κ1) is 7.30. The third-order valence-corrected chi connectivity index (χ3v) is 1.90. The molecule has 0 atom stereocenters. The zero-order valence-corrected chi connectivity index (χ0v) is 6.33. The lowest BCUT2D eigenvalue weighted by atomic mass is 10.1. The highest BCUT2D eigenvalue weighted by molar-refractivity contribution is 5.87. The third-order valence-electron chi connectivity index (χ3n) is 1.90. The summed E-state index contributed by atoms with van der Waals surface area (Å²) < 4.78 is 4.88. The Morgan fingerprint density at radius 1 is 1.67 bits per heavy atom. The largest absolute Gasteiger partial charge is 0.476 e. The van der Waals surface area contributed by atoms with Crippen molar-refractivity contribution in [1.82, 2.24) is 10.5 Å². The predicted octanol–water partition coefficient (Wildman–Crippen LogP) is 0.0185. The maximum atomic E-state index is 10.6. The van der Waals surface area contributed by atoms with Crippen LogP contribution < -0.4 is 5.32 Å². The molecule has 0 amide bonds. The summed E-state index contributed by atoms with van der Waals surface area (Å²) in [4.78, 5) is 10.6. The Labute approximate surface area is 68.4 Å². The van der Waals surface area contributed by atoms with Crippen LogP contribution in [0.25, 0.3) is 0 Å². The van der Waals surface area contributed by atoms with Crippen LogP contribution in [0.2, 0.25) is 0 Å². The first-order valence-corrected chi connectivity index (χ1v) is 3.70. The molecule has 0 aromatic carbocycles. The lowest BCUT2D eigenvalue weighted by Crippen LogP contribution is -2.23. The van der Waals surface area contributed by atoms with Gasteiger partial charge in [0.15, 0.2) is 5.69 Å². The van der Waals surface area contributed by atoms with Crippen molar-refractivity contribution >= 4 is 5.97 Å². The molecule has 2 rings (SSSR count). The van der Waals surface area contributed by atoms with E-state index in [1.165, 1.54) is 0 Å². The number of nitrogens with zero attached hydrogens (tertiary/aromatic N) is 1. The Bertz CT molecular complexity index is 318. The van der Waals surface area contributed by atoms with Gasteiger partial charge in [-0.2, -0.15) is 0 Å². The van der Waals surface area contributed by atoms with Crippen molar-refractivity contribution in [1.29, 1.82) is 0 Å². The number of carbonyl (C=O) groups is 1. The maximum Gasteiger partial charge on any atom is 0.358 e. The topological polar surface area (TPSA) is 75.4 Å². The van der Waals surface area contributed by atoms with Crippen LogP contribution in [0.1, 0.15) is 21.8 Å². The van der Waals surface area contributed by atoms with Gasteiger partial charge in [0, 0.05) is 25.1 Å². The summed E-state index contributed by atoms with van der Waals surface area (Å²) in [6.07, 6.45) is 0.718. The molecule has 0 aliphatic carbocycles. The van der Waals surface area contributed by atoms with Crippen molar-refractivity contribution in [2.45, 2.75) is 13.0 Å². The van der Waals surface area contributed by atoms with Crippen molar-refractivity contribution in [3.8, 4) is 0 Å². The number of hydrogen-bond donors (Lipinski definition) is 2. The normalized spacial score (nSPS) is 15.7. The zero-order chi connectivity index (χ0) is 8.55. The summed E-state index contributed by atoms with van der Waals surface area (Å²) in [5, 5.41) is 15.2. The average Bonchev–Trinajstić information content (AvgIpc) is 2.47. The van der Waals surface area contributed by atoms with Gasteiger partial charge in [0.1, 0.15) is 5.76 Å². The van der Waals surface area contributed by atoms with Crippen molar-refractivity contribution in [2.24, 2.45) is 0 Å². The van der Waals surface area contributed by atoms with E-state index < -0.39 is 5.97 Å². The second-order valence-corrected chi connectivity index (χ2v) is 2.66. The molecule has 0 spiro atoms. The molecule has 0 bridgehead atoms. The van der Waals surface area contributed by atoms with Crippen LogP contribution >= 0.6 is 0 Å². The van der Waals surface area contributed by atoms with Crippen LogP contribution in [0.15, 0.2) is 4.52 Å². The number of nitrogens with one attached hydrogen (secondary N) is 1. The molecule has 1 aliphatic heterocycles. The van der Waals surface area contributed by atoms with Gasteiger partial charge in [-0.25, -0.2) is 4.79 Å². The van der Waals surface area contributed by atoms with Crippen LogP contribution in [-0.2, 0) is 13.0 Å². The second kappa shape index (κ2) is 2.60. The molecule has 1 aliphatic rings. The Balaban J connectivity index is 2.44. The smallest absolute Gasteiger partial charge is 0.358 e. The van der Waals surface area contributed by atoms with E-state index in [0.717, 1.165) is 13.0 Å². The molecule has 1 aromatic rings. The number of fused-ring (bicyclic) bond motifs is 1. The molecule has 0 radical (unpaired) electrons. The highest BCUT2D eigenvalue weighted by Gasteiger charge is 2.22. The lowest BCUT2D eigenvalue weighted by Gasteiger charge is -2.09. The van der Waals surface area contributed by atoms with Crippen LogP contribution in [-0.4, -0.2) is 22.8 Å². The molecule has 12 heavy (non-hydrogen) atoms. The van der Waals surface area contributed by atoms with Gasteiger partial charge in [-0.15, -0.1) is 0 Å². The Kier molecular flexibility index (Phi) is 1.58. The molecule has 0 saturated carbocycles. The van der Waals surface area contributed by atoms with Crippen molar-refractivity contribution < 1.29 is 14.4 Å². The average molecular weight is 168 g/mol. The Hall–Kier alpha value is -1.36. The highest BCUT2D eigenvalue weighted by Crippen LogP contribution is 2.17. The van der Waals surface area contributed by atoms with Gasteiger partial charge in [0.25, 0.3) is 0 Å². The minimum Gasteiger partial charge on any atom is -0.476 e. The first-order chi connectivity index (χ1) is 5.79. The fraction of sp³-hybridized carbons (Fsp3) is 0.429. The fourth-order valence-electron chi connectivity index (χ4n) is 1.31. The number of rotatable bonds is 1. The SMILES string of the molecule is O=C(O)c1noc2c1CNCC2. The van der Waals surface area contributed by atoms with E-state index in [0.29, 0.717) is 17.9 Å². The lowest BCUT2D eigenvalue weighted by molar-refractivity contribution is 0.0684. The Morgan fingerprint density at radius 2 is 2.50 bits per heavy atom. The van der Waals surface area contributed by atoms with Crippen LogP contribution in [0.5, 0.6) is 0 Å². The summed E-state index contributed by atoms with van der Waals surface area (Å²) in [5.41, 5.74) is 0.728. The van der Waals surface area contributed by atoms with Crippen LogP contribution in [0, 0.1) is 0 Å². The first-order valence-electron chi connectivity index (χ1n) is 3.70. The van der Waals surface area contributed by atoms with E-state index >= 15 is 0 Å². The monoisotopic (exact) mass is 168 g/mol. The van der Waals surface area contributed by atoms with Crippen molar-refractivity contribution in [3.63, 3.8) is 0 Å². The highest BCUT2D eigenvalue weighted by atomic mass is 16.5. The van der Waals surface area contributed by atoms with Gasteiger partial charge in [0.05, 0.1) is 0 Å². The summed E-state index contributed by atoms with van der Waals surface area (Å²) >= 11 is 0. The molecule has 0 saturated heterocycles. The molecule has 0 unspecified atom stereocenters. The van der Waals surface area contributed by atoms with E-state index in [4.69, 9.17) is 9.63 Å². The number of hydrogen-bond acceptors (Lipinski definition) is 4. The van der Waals surface area contributed by atoms with Gasteiger partial charge in [-0.05, 0) is 0 Å². The quantitative estimate of drug-likeness (QED) is 0.618. The third kappa shape index (κ3) is 0.984.